The third kappa shape index (κ3) is 2.36. The number of aliphatic carboxylic acids is 1. The van der Waals surface area contributed by atoms with Crippen molar-refractivity contribution in [3.05, 3.63) is 65.5 Å². The molecule has 0 amide bonds. The van der Waals surface area contributed by atoms with E-state index in [-0.39, 0.29) is 6.61 Å². The molecule has 0 saturated heterocycles. The van der Waals surface area contributed by atoms with Gasteiger partial charge in [-0.3, -0.25) is 0 Å². The second-order valence-electron chi connectivity index (χ2n) is 5.00. The number of rotatable bonds is 3. The lowest BCUT2D eigenvalue weighted by Gasteiger charge is -2.36. The van der Waals surface area contributed by atoms with Crippen molar-refractivity contribution in [3.63, 3.8) is 0 Å². The lowest BCUT2D eigenvalue weighted by molar-refractivity contribution is -0.146. The predicted molar refractivity (Wildman–Crippen MR) is 75.4 cm³/mol. The Hall–Kier alpha value is -2.40. The van der Waals surface area contributed by atoms with Crippen molar-refractivity contribution in [2.45, 2.75) is 12.1 Å². The molecule has 0 fully saturated rings. The summed E-state index contributed by atoms with van der Waals surface area (Å²) in [5, 5.41) is 12.7. The summed E-state index contributed by atoms with van der Waals surface area (Å²) in [6.07, 6.45) is 0. The van der Waals surface area contributed by atoms with Crippen molar-refractivity contribution >= 4 is 11.7 Å². The van der Waals surface area contributed by atoms with E-state index in [1.54, 1.807) is 18.2 Å². The molecular formula is C16H14FNO3. The molecule has 108 valence electrons. The fourth-order valence-corrected chi connectivity index (χ4v) is 2.60. The van der Waals surface area contributed by atoms with Crippen molar-refractivity contribution in [3.8, 4) is 0 Å². The van der Waals surface area contributed by atoms with Gasteiger partial charge in [0.1, 0.15) is 5.82 Å². The molecule has 0 bridgehead atoms. The van der Waals surface area contributed by atoms with Crippen molar-refractivity contribution in [1.29, 1.82) is 0 Å². The largest absolute Gasteiger partial charge is 0.479 e. The minimum absolute atomic E-state index is 0.0180. The predicted octanol–water partition coefficient (Wildman–Crippen LogP) is 2.75. The molecular weight excluding hydrogens is 273 g/mol. The Morgan fingerprint density at radius 1 is 1.24 bits per heavy atom. The van der Waals surface area contributed by atoms with Crippen LogP contribution in [0.2, 0.25) is 0 Å². The van der Waals surface area contributed by atoms with Gasteiger partial charge in [-0.15, -0.1) is 0 Å². The van der Waals surface area contributed by atoms with Crippen LogP contribution in [0.4, 0.5) is 10.1 Å². The summed E-state index contributed by atoms with van der Waals surface area (Å²) in [6.45, 7) is 0.353. The van der Waals surface area contributed by atoms with Crippen LogP contribution in [0.3, 0.4) is 0 Å². The van der Waals surface area contributed by atoms with E-state index in [9.17, 15) is 14.3 Å². The molecule has 5 heteroatoms. The minimum Gasteiger partial charge on any atom is -0.479 e. The zero-order valence-corrected chi connectivity index (χ0v) is 11.2. The number of benzene rings is 2. The van der Waals surface area contributed by atoms with E-state index >= 15 is 0 Å². The number of halogens is 1. The van der Waals surface area contributed by atoms with E-state index in [0.717, 1.165) is 5.56 Å². The Morgan fingerprint density at radius 2 is 2.05 bits per heavy atom. The molecule has 3 rings (SSSR count). The molecule has 0 radical (unpaired) electrons. The lowest BCUT2D eigenvalue weighted by atomic mass is 9.85. The molecule has 2 aromatic rings. The number of hydrogen-bond acceptors (Lipinski definition) is 3. The van der Waals surface area contributed by atoms with Crippen LogP contribution in [0.5, 0.6) is 0 Å². The molecule has 21 heavy (non-hydrogen) atoms. The Labute approximate surface area is 121 Å². The van der Waals surface area contributed by atoms with Crippen LogP contribution in [-0.4, -0.2) is 17.7 Å². The van der Waals surface area contributed by atoms with Gasteiger partial charge in [0, 0.05) is 5.69 Å². The lowest BCUT2D eigenvalue weighted by Crippen LogP contribution is -2.50. The second-order valence-corrected chi connectivity index (χ2v) is 5.00. The summed E-state index contributed by atoms with van der Waals surface area (Å²) in [7, 11) is 0. The number of carbonyl (C=O) groups is 1. The Morgan fingerprint density at radius 3 is 2.81 bits per heavy atom. The summed E-state index contributed by atoms with van der Waals surface area (Å²) in [4.78, 5) is 11.9. The van der Waals surface area contributed by atoms with Gasteiger partial charge in [-0.05, 0) is 29.3 Å². The van der Waals surface area contributed by atoms with Gasteiger partial charge in [0.25, 0.3) is 0 Å². The molecule has 0 aromatic heterocycles. The van der Waals surface area contributed by atoms with Gasteiger partial charge in [-0.1, -0.05) is 30.3 Å². The second kappa shape index (κ2) is 5.18. The van der Waals surface area contributed by atoms with Crippen LogP contribution < -0.4 is 5.32 Å². The molecule has 2 N–H and O–H groups in total. The zero-order chi connectivity index (χ0) is 14.9. The number of fused-ring (bicyclic) bond motifs is 1. The van der Waals surface area contributed by atoms with E-state index in [0.29, 0.717) is 17.9 Å². The van der Waals surface area contributed by atoms with Gasteiger partial charge in [-0.25, -0.2) is 9.18 Å². The SMILES string of the molecule is O=C(O)C1(Nc2cccc(F)c2)COCc2ccccc21. The Kier molecular flexibility index (Phi) is 3.35. The molecule has 4 nitrogen and oxygen atoms in total. The van der Waals surface area contributed by atoms with E-state index < -0.39 is 17.3 Å². The van der Waals surface area contributed by atoms with Crippen molar-refractivity contribution in [1.82, 2.24) is 0 Å². The summed E-state index contributed by atoms with van der Waals surface area (Å²) >= 11 is 0. The number of carboxylic acids is 1. The first-order valence-corrected chi connectivity index (χ1v) is 6.55. The van der Waals surface area contributed by atoms with Crippen LogP contribution in [0.25, 0.3) is 0 Å². The number of carboxylic acid groups (broad SMARTS) is 1. The van der Waals surface area contributed by atoms with E-state index in [2.05, 4.69) is 5.32 Å². The fraction of sp³-hybridized carbons (Fsp3) is 0.188. The van der Waals surface area contributed by atoms with E-state index in [1.807, 2.05) is 12.1 Å². The summed E-state index contributed by atoms with van der Waals surface area (Å²) in [6, 6.07) is 13.0. The third-order valence-corrected chi connectivity index (χ3v) is 3.60. The van der Waals surface area contributed by atoms with E-state index in [1.165, 1.54) is 18.2 Å². The van der Waals surface area contributed by atoms with Crippen LogP contribution in [-0.2, 0) is 21.7 Å². The molecule has 1 heterocycles. The maximum absolute atomic E-state index is 13.3. The van der Waals surface area contributed by atoms with Gasteiger partial charge >= 0.3 is 5.97 Å². The van der Waals surface area contributed by atoms with Gasteiger partial charge < -0.3 is 15.2 Å². The zero-order valence-electron chi connectivity index (χ0n) is 11.2. The number of nitrogens with one attached hydrogen (secondary N) is 1. The molecule has 0 aliphatic carbocycles. The van der Waals surface area contributed by atoms with Crippen LogP contribution in [0.1, 0.15) is 11.1 Å². The number of ether oxygens (including phenoxy) is 1. The first-order chi connectivity index (χ1) is 10.1. The van der Waals surface area contributed by atoms with Crippen molar-refractivity contribution in [2.24, 2.45) is 0 Å². The molecule has 1 aliphatic heterocycles. The molecule has 1 unspecified atom stereocenters. The molecule has 0 saturated carbocycles. The maximum atomic E-state index is 13.3. The molecule has 1 atom stereocenters. The monoisotopic (exact) mass is 287 g/mol. The Balaban J connectivity index is 2.08. The highest BCUT2D eigenvalue weighted by atomic mass is 19.1. The summed E-state index contributed by atoms with van der Waals surface area (Å²) < 4.78 is 18.8. The van der Waals surface area contributed by atoms with E-state index in [4.69, 9.17) is 4.74 Å². The summed E-state index contributed by atoms with van der Waals surface area (Å²) in [5.41, 5.74) is 0.448. The van der Waals surface area contributed by atoms with Crippen LogP contribution >= 0.6 is 0 Å². The smallest absolute Gasteiger partial charge is 0.336 e. The average Bonchev–Trinajstić information content (AvgIpc) is 2.47. The highest BCUT2D eigenvalue weighted by Crippen LogP contribution is 2.34. The standard InChI is InChI=1S/C16H14FNO3/c17-12-5-3-6-13(8-12)18-16(15(19)20)10-21-9-11-4-1-2-7-14(11)16/h1-8,18H,9-10H2,(H,19,20). The normalized spacial score (nSPS) is 20.6. The summed E-state index contributed by atoms with van der Waals surface area (Å²) in [5.74, 6) is -1.48. The maximum Gasteiger partial charge on any atom is 0.336 e. The fourth-order valence-electron chi connectivity index (χ4n) is 2.60. The van der Waals surface area contributed by atoms with Gasteiger partial charge in [0.2, 0.25) is 0 Å². The Bertz CT molecular complexity index is 689. The number of anilines is 1. The van der Waals surface area contributed by atoms with Crippen molar-refractivity contribution < 1.29 is 19.0 Å². The molecule has 2 aromatic carbocycles. The van der Waals surface area contributed by atoms with Gasteiger partial charge in [-0.2, -0.15) is 0 Å². The number of hydrogen-bond donors (Lipinski definition) is 2. The highest BCUT2D eigenvalue weighted by molar-refractivity contribution is 5.85. The van der Waals surface area contributed by atoms with Crippen molar-refractivity contribution in [2.75, 3.05) is 11.9 Å². The molecule has 1 aliphatic rings. The van der Waals surface area contributed by atoms with Crippen LogP contribution in [0.15, 0.2) is 48.5 Å². The van der Waals surface area contributed by atoms with Gasteiger partial charge in [0.15, 0.2) is 5.54 Å². The molecule has 0 spiro atoms. The quantitative estimate of drug-likeness (QED) is 0.911. The third-order valence-electron chi connectivity index (χ3n) is 3.60. The topological polar surface area (TPSA) is 58.6 Å². The highest BCUT2D eigenvalue weighted by Gasteiger charge is 2.44. The van der Waals surface area contributed by atoms with Gasteiger partial charge in [0.05, 0.1) is 13.2 Å². The van der Waals surface area contributed by atoms with Crippen LogP contribution in [0, 0.1) is 5.82 Å². The average molecular weight is 287 g/mol. The first kappa shape index (κ1) is 13.6. The first-order valence-electron chi connectivity index (χ1n) is 6.55. The minimum atomic E-state index is -1.41.